The zero-order valence-corrected chi connectivity index (χ0v) is 19.3. The van der Waals surface area contributed by atoms with Crippen LogP contribution in [0.15, 0.2) is 52.7 Å². The number of amides is 1. The molecule has 1 fully saturated rings. The highest BCUT2D eigenvalue weighted by Gasteiger charge is 2.33. The SMILES string of the molecule is O=C(Nc1ccc(-c2csnn2)cc1)C1CCN(S(=O)(=O)c2ccc3c(c2)OCCO3)CC1. The highest BCUT2D eigenvalue weighted by Crippen LogP contribution is 2.34. The lowest BCUT2D eigenvalue weighted by Gasteiger charge is -2.30. The summed E-state index contributed by atoms with van der Waals surface area (Å²) in [6, 6.07) is 12.1. The van der Waals surface area contributed by atoms with Crippen molar-refractivity contribution in [3.05, 3.63) is 47.8 Å². The number of aromatic nitrogens is 2. The predicted molar refractivity (Wildman–Crippen MR) is 123 cm³/mol. The van der Waals surface area contributed by atoms with Crippen LogP contribution in [0.25, 0.3) is 11.3 Å². The first kappa shape index (κ1) is 21.8. The van der Waals surface area contributed by atoms with Gasteiger partial charge in [-0.05, 0) is 48.6 Å². The van der Waals surface area contributed by atoms with E-state index in [1.54, 1.807) is 6.07 Å². The number of benzene rings is 2. The second-order valence-electron chi connectivity index (χ2n) is 7.84. The van der Waals surface area contributed by atoms with Crippen molar-refractivity contribution in [1.29, 1.82) is 0 Å². The molecule has 1 amide bonds. The van der Waals surface area contributed by atoms with Crippen molar-refractivity contribution >= 4 is 33.2 Å². The van der Waals surface area contributed by atoms with Crippen LogP contribution >= 0.6 is 11.5 Å². The first-order valence-corrected chi connectivity index (χ1v) is 12.9. The Hall–Kier alpha value is -3.02. The Morgan fingerprint density at radius 3 is 2.45 bits per heavy atom. The average Bonchev–Trinajstić information content (AvgIpc) is 3.39. The fourth-order valence-corrected chi connectivity index (χ4v) is 5.90. The van der Waals surface area contributed by atoms with Gasteiger partial charge < -0.3 is 14.8 Å². The van der Waals surface area contributed by atoms with Gasteiger partial charge in [-0.1, -0.05) is 16.6 Å². The number of carbonyl (C=O) groups excluding carboxylic acids is 1. The first-order valence-electron chi connectivity index (χ1n) is 10.6. The Kier molecular flexibility index (Phi) is 6.00. The molecule has 2 aromatic carbocycles. The molecular weight excluding hydrogens is 464 g/mol. The molecule has 3 aromatic rings. The van der Waals surface area contributed by atoms with Crippen LogP contribution in [0.2, 0.25) is 0 Å². The lowest BCUT2D eigenvalue weighted by atomic mass is 9.97. The molecule has 172 valence electrons. The Bertz CT molecular complexity index is 1240. The lowest BCUT2D eigenvalue weighted by Crippen LogP contribution is -2.41. The summed E-state index contributed by atoms with van der Waals surface area (Å²) in [6.45, 7) is 1.40. The van der Waals surface area contributed by atoms with Crippen LogP contribution in [-0.2, 0) is 14.8 Å². The Morgan fingerprint density at radius 2 is 1.76 bits per heavy atom. The van der Waals surface area contributed by atoms with E-state index in [1.165, 1.54) is 28.0 Å². The zero-order chi connectivity index (χ0) is 22.8. The van der Waals surface area contributed by atoms with E-state index in [2.05, 4.69) is 14.9 Å². The van der Waals surface area contributed by atoms with Crippen LogP contribution in [0, 0.1) is 5.92 Å². The highest BCUT2D eigenvalue weighted by molar-refractivity contribution is 7.89. The van der Waals surface area contributed by atoms with Gasteiger partial charge in [0.05, 0.1) is 4.90 Å². The van der Waals surface area contributed by atoms with Crippen LogP contribution in [0.1, 0.15) is 12.8 Å². The molecule has 11 heteroatoms. The van der Waals surface area contributed by atoms with Crippen LogP contribution in [0.5, 0.6) is 11.5 Å². The molecule has 0 bridgehead atoms. The van der Waals surface area contributed by atoms with Crippen molar-refractivity contribution in [3.8, 4) is 22.8 Å². The van der Waals surface area contributed by atoms with Crippen LogP contribution in [-0.4, -0.2) is 54.5 Å². The van der Waals surface area contributed by atoms with Gasteiger partial charge in [0, 0.05) is 41.7 Å². The molecule has 0 aliphatic carbocycles. The number of hydrogen-bond donors (Lipinski definition) is 1. The van der Waals surface area contributed by atoms with Crippen LogP contribution in [0.4, 0.5) is 5.69 Å². The number of piperidine rings is 1. The molecule has 1 N–H and O–H groups in total. The van der Waals surface area contributed by atoms with Crippen molar-refractivity contribution in [2.75, 3.05) is 31.6 Å². The van der Waals surface area contributed by atoms with Crippen molar-refractivity contribution in [3.63, 3.8) is 0 Å². The number of nitrogens with one attached hydrogen (secondary N) is 1. The molecule has 1 aromatic heterocycles. The van der Waals surface area contributed by atoms with Crippen molar-refractivity contribution in [2.45, 2.75) is 17.7 Å². The van der Waals surface area contributed by atoms with Crippen molar-refractivity contribution < 1.29 is 22.7 Å². The number of hydrogen-bond acceptors (Lipinski definition) is 8. The van der Waals surface area contributed by atoms with Gasteiger partial charge >= 0.3 is 0 Å². The predicted octanol–water partition coefficient (Wildman–Crippen LogP) is 3.02. The third kappa shape index (κ3) is 4.56. The summed E-state index contributed by atoms with van der Waals surface area (Å²) in [5, 5.41) is 8.83. The first-order chi connectivity index (χ1) is 16.0. The van der Waals surface area contributed by atoms with Gasteiger partial charge in [0.2, 0.25) is 15.9 Å². The maximum Gasteiger partial charge on any atom is 0.243 e. The summed E-state index contributed by atoms with van der Waals surface area (Å²) >= 11 is 1.28. The van der Waals surface area contributed by atoms with Crippen molar-refractivity contribution in [2.24, 2.45) is 5.92 Å². The zero-order valence-electron chi connectivity index (χ0n) is 17.6. The number of fused-ring (bicyclic) bond motifs is 1. The van der Waals surface area contributed by atoms with E-state index in [4.69, 9.17) is 9.47 Å². The summed E-state index contributed by atoms with van der Waals surface area (Å²) in [4.78, 5) is 12.9. The summed E-state index contributed by atoms with van der Waals surface area (Å²) in [5.74, 6) is 0.633. The molecule has 0 saturated carbocycles. The third-order valence-corrected chi connectivity index (χ3v) is 8.18. The van der Waals surface area contributed by atoms with E-state index in [1.807, 2.05) is 29.6 Å². The van der Waals surface area contributed by atoms with E-state index >= 15 is 0 Å². The van der Waals surface area contributed by atoms with E-state index in [9.17, 15) is 13.2 Å². The molecule has 0 atom stereocenters. The molecule has 3 heterocycles. The summed E-state index contributed by atoms with van der Waals surface area (Å²) in [5.41, 5.74) is 2.42. The van der Waals surface area contributed by atoms with E-state index in [-0.39, 0.29) is 29.8 Å². The molecule has 2 aliphatic rings. The van der Waals surface area contributed by atoms with E-state index in [0.717, 1.165) is 11.3 Å². The maximum atomic E-state index is 13.1. The minimum absolute atomic E-state index is 0.102. The minimum atomic E-state index is -3.67. The minimum Gasteiger partial charge on any atom is -0.486 e. The molecule has 2 aliphatic heterocycles. The van der Waals surface area contributed by atoms with Crippen LogP contribution < -0.4 is 14.8 Å². The molecule has 5 rings (SSSR count). The van der Waals surface area contributed by atoms with Gasteiger partial charge in [-0.25, -0.2) is 8.42 Å². The van der Waals surface area contributed by atoms with Crippen LogP contribution in [0.3, 0.4) is 0 Å². The fraction of sp³-hybridized carbons (Fsp3) is 0.318. The monoisotopic (exact) mass is 486 g/mol. The Labute approximate surface area is 195 Å². The second-order valence-corrected chi connectivity index (χ2v) is 10.4. The highest BCUT2D eigenvalue weighted by atomic mass is 32.2. The van der Waals surface area contributed by atoms with Gasteiger partial charge in [0.1, 0.15) is 18.9 Å². The smallest absolute Gasteiger partial charge is 0.243 e. The number of rotatable bonds is 5. The summed E-state index contributed by atoms with van der Waals surface area (Å²) in [6.07, 6.45) is 0.913. The summed E-state index contributed by atoms with van der Waals surface area (Å²) < 4.78 is 42.4. The normalized spacial score (nSPS) is 17.0. The largest absolute Gasteiger partial charge is 0.486 e. The second kappa shape index (κ2) is 9.08. The fourth-order valence-electron chi connectivity index (χ4n) is 3.95. The molecule has 9 nitrogen and oxygen atoms in total. The van der Waals surface area contributed by atoms with Gasteiger partial charge in [-0.2, -0.15) is 4.31 Å². The molecular formula is C22H22N4O5S2. The quantitative estimate of drug-likeness (QED) is 0.590. The number of ether oxygens (including phenoxy) is 2. The van der Waals surface area contributed by atoms with Crippen molar-refractivity contribution in [1.82, 2.24) is 13.9 Å². The van der Waals surface area contributed by atoms with Gasteiger partial charge in [-0.3, -0.25) is 4.79 Å². The van der Waals surface area contributed by atoms with E-state index in [0.29, 0.717) is 43.2 Å². The molecule has 33 heavy (non-hydrogen) atoms. The Balaban J connectivity index is 1.19. The number of nitrogens with zero attached hydrogens (tertiary/aromatic N) is 3. The lowest BCUT2D eigenvalue weighted by molar-refractivity contribution is -0.120. The molecule has 0 radical (unpaired) electrons. The molecule has 0 unspecified atom stereocenters. The molecule has 1 saturated heterocycles. The molecule has 0 spiro atoms. The van der Waals surface area contributed by atoms with E-state index < -0.39 is 10.0 Å². The Morgan fingerprint density at radius 1 is 1.03 bits per heavy atom. The topological polar surface area (TPSA) is 111 Å². The maximum absolute atomic E-state index is 13.1. The number of anilines is 1. The third-order valence-electron chi connectivity index (χ3n) is 5.78. The van der Waals surface area contributed by atoms with Gasteiger partial charge in [-0.15, -0.1) is 5.10 Å². The van der Waals surface area contributed by atoms with Gasteiger partial charge in [0.25, 0.3) is 0 Å². The summed E-state index contributed by atoms with van der Waals surface area (Å²) in [7, 11) is -3.67. The standard InChI is InChI=1S/C22H22N4O5S2/c27-22(23-17-3-1-15(2-4-17)19-14-32-25-24-19)16-7-9-26(10-8-16)33(28,29)18-5-6-20-21(13-18)31-12-11-30-20/h1-6,13-14,16H,7-12H2,(H,23,27). The number of sulfonamides is 1. The average molecular weight is 487 g/mol. The van der Waals surface area contributed by atoms with Gasteiger partial charge in [0.15, 0.2) is 11.5 Å². The number of carbonyl (C=O) groups is 1.